The van der Waals surface area contributed by atoms with Crippen LogP contribution in [-0.4, -0.2) is 24.2 Å². The van der Waals surface area contributed by atoms with Crippen molar-refractivity contribution in [3.63, 3.8) is 0 Å². The van der Waals surface area contributed by atoms with E-state index in [1.165, 1.54) is 5.56 Å². The molecule has 0 aliphatic carbocycles. The van der Waals surface area contributed by atoms with Gasteiger partial charge in [0.25, 0.3) is 0 Å². The van der Waals surface area contributed by atoms with Crippen LogP contribution in [0.25, 0.3) is 0 Å². The van der Waals surface area contributed by atoms with Gasteiger partial charge in [-0.1, -0.05) is 26.0 Å². The Morgan fingerprint density at radius 2 is 1.88 bits per heavy atom. The standard InChI is InChI=1S/C13H19NO2/c1-4-14(9-13(15)16)12-7-5-11(6-8-12)10(2)3/h5-8,10H,4,9H2,1-3H3,(H,15,16). The molecule has 16 heavy (non-hydrogen) atoms. The van der Waals surface area contributed by atoms with Gasteiger partial charge in [0.2, 0.25) is 0 Å². The molecular weight excluding hydrogens is 202 g/mol. The molecule has 0 heterocycles. The topological polar surface area (TPSA) is 40.5 Å². The fraction of sp³-hybridized carbons (Fsp3) is 0.462. The fourth-order valence-electron chi connectivity index (χ4n) is 1.62. The van der Waals surface area contributed by atoms with Crippen molar-refractivity contribution < 1.29 is 9.90 Å². The third-order valence-corrected chi connectivity index (χ3v) is 2.63. The highest BCUT2D eigenvalue weighted by atomic mass is 16.4. The average molecular weight is 221 g/mol. The summed E-state index contributed by atoms with van der Waals surface area (Å²) < 4.78 is 0. The third-order valence-electron chi connectivity index (χ3n) is 2.63. The highest BCUT2D eigenvalue weighted by molar-refractivity contribution is 5.73. The summed E-state index contributed by atoms with van der Waals surface area (Å²) in [5.41, 5.74) is 2.24. The van der Waals surface area contributed by atoms with E-state index in [4.69, 9.17) is 5.11 Å². The molecule has 3 heteroatoms. The lowest BCUT2D eigenvalue weighted by Gasteiger charge is -2.21. The summed E-state index contributed by atoms with van der Waals surface area (Å²) in [5.74, 6) is -0.293. The van der Waals surface area contributed by atoms with E-state index in [1.807, 2.05) is 24.0 Å². The van der Waals surface area contributed by atoms with E-state index < -0.39 is 5.97 Å². The molecule has 1 aromatic rings. The summed E-state index contributed by atoms with van der Waals surface area (Å²) in [6.07, 6.45) is 0. The quantitative estimate of drug-likeness (QED) is 0.831. The van der Waals surface area contributed by atoms with E-state index >= 15 is 0 Å². The predicted octanol–water partition coefficient (Wildman–Crippen LogP) is 2.72. The smallest absolute Gasteiger partial charge is 0.323 e. The number of carboxylic acids is 1. The summed E-state index contributed by atoms with van der Waals surface area (Å²) >= 11 is 0. The van der Waals surface area contributed by atoms with Gasteiger partial charge in [-0.15, -0.1) is 0 Å². The Labute approximate surface area is 96.7 Å². The lowest BCUT2D eigenvalue weighted by Crippen LogP contribution is -2.29. The average Bonchev–Trinajstić information content (AvgIpc) is 2.25. The van der Waals surface area contributed by atoms with Gasteiger partial charge in [-0.25, -0.2) is 0 Å². The minimum atomic E-state index is -0.796. The monoisotopic (exact) mass is 221 g/mol. The molecule has 0 radical (unpaired) electrons. The maximum Gasteiger partial charge on any atom is 0.323 e. The van der Waals surface area contributed by atoms with Crippen LogP contribution in [0.4, 0.5) is 5.69 Å². The predicted molar refractivity (Wildman–Crippen MR) is 66.1 cm³/mol. The molecule has 0 fully saturated rings. The highest BCUT2D eigenvalue weighted by Crippen LogP contribution is 2.19. The van der Waals surface area contributed by atoms with Gasteiger partial charge in [-0.05, 0) is 30.5 Å². The Kier molecular flexibility index (Phi) is 4.35. The number of hydrogen-bond donors (Lipinski definition) is 1. The van der Waals surface area contributed by atoms with Crippen molar-refractivity contribution in [2.75, 3.05) is 18.0 Å². The molecule has 0 unspecified atom stereocenters. The zero-order valence-electron chi connectivity index (χ0n) is 10.1. The number of rotatable bonds is 5. The second-order valence-corrected chi connectivity index (χ2v) is 4.15. The van der Waals surface area contributed by atoms with Gasteiger partial charge in [-0.2, -0.15) is 0 Å². The van der Waals surface area contributed by atoms with Crippen LogP contribution >= 0.6 is 0 Å². The number of benzene rings is 1. The number of nitrogens with zero attached hydrogens (tertiary/aromatic N) is 1. The van der Waals surface area contributed by atoms with Crippen molar-refractivity contribution in [2.45, 2.75) is 26.7 Å². The van der Waals surface area contributed by atoms with E-state index in [9.17, 15) is 4.79 Å². The Morgan fingerprint density at radius 1 is 1.31 bits per heavy atom. The van der Waals surface area contributed by atoms with Gasteiger partial charge in [0.1, 0.15) is 6.54 Å². The van der Waals surface area contributed by atoms with Crippen LogP contribution in [-0.2, 0) is 4.79 Å². The number of carbonyl (C=O) groups is 1. The van der Waals surface area contributed by atoms with E-state index in [2.05, 4.69) is 26.0 Å². The molecule has 3 nitrogen and oxygen atoms in total. The molecule has 0 atom stereocenters. The molecule has 88 valence electrons. The minimum Gasteiger partial charge on any atom is -0.480 e. The van der Waals surface area contributed by atoms with Crippen LogP contribution in [0.5, 0.6) is 0 Å². The SMILES string of the molecule is CCN(CC(=O)O)c1ccc(C(C)C)cc1. The molecule has 0 saturated carbocycles. The summed E-state index contributed by atoms with van der Waals surface area (Å²) in [4.78, 5) is 12.5. The molecule has 1 aromatic carbocycles. The zero-order valence-corrected chi connectivity index (χ0v) is 10.1. The van der Waals surface area contributed by atoms with Crippen molar-refractivity contribution in [3.05, 3.63) is 29.8 Å². The van der Waals surface area contributed by atoms with Gasteiger partial charge in [-0.3, -0.25) is 4.79 Å². The lowest BCUT2D eigenvalue weighted by molar-refractivity contribution is -0.135. The third kappa shape index (κ3) is 3.26. The van der Waals surface area contributed by atoms with Crippen LogP contribution < -0.4 is 4.90 Å². The fourth-order valence-corrected chi connectivity index (χ4v) is 1.62. The largest absolute Gasteiger partial charge is 0.480 e. The zero-order chi connectivity index (χ0) is 12.1. The van der Waals surface area contributed by atoms with Crippen molar-refractivity contribution in [3.8, 4) is 0 Å². The second kappa shape index (κ2) is 5.54. The summed E-state index contributed by atoms with van der Waals surface area (Å²) in [7, 11) is 0. The van der Waals surface area contributed by atoms with Crippen LogP contribution in [0, 0.1) is 0 Å². The van der Waals surface area contributed by atoms with Crippen LogP contribution in [0.3, 0.4) is 0 Å². The molecule has 0 amide bonds. The maximum atomic E-state index is 10.7. The number of aliphatic carboxylic acids is 1. The molecule has 1 rings (SSSR count). The van der Waals surface area contributed by atoms with E-state index in [0.29, 0.717) is 12.5 Å². The van der Waals surface area contributed by atoms with Gasteiger partial charge < -0.3 is 10.0 Å². The van der Waals surface area contributed by atoms with E-state index in [0.717, 1.165) is 5.69 Å². The molecule has 0 aliphatic heterocycles. The first-order valence-electron chi connectivity index (χ1n) is 5.61. The molecule has 0 saturated heterocycles. The number of hydrogen-bond acceptors (Lipinski definition) is 2. The second-order valence-electron chi connectivity index (χ2n) is 4.15. The summed E-state index contributed by atoms with van der Waals surface area (Å²) in [6, 6.07) is 8.10. The van der Waals surface area contributed by atoms with Gasteiger partial charge in [0.15, 0.2) is 0 Å². The van der Waals surface area contributed by atoms with Crippen LogP contribution in [0.1, 0.15) is 32.3 Å². The highest BCUT2D eigenvalue weighted by Gasteiger charge is 2.08. The van der Waals surface area contributed by atoms with E-state index in [-0.39, 0.29) is 6.54 Å². The Hall–Kier alpha value is -1.51. The van der Waals surface area contributed by atoms with Crippen LogP contribution in [0.15, 0.2) is 24.3 Å². The van der Waals surface area contributed by atoms with Gasteiger partial charge in [0, 0.05) is 12.2 Å². The number of likely N-dealkylation sites (N-methyl/N-ethyl adjacent to an activating group) is 1. The Morgan fingerprint density at radius 3 is 2.25 bits per heavy atom. The minimum absolute atomic E-state index is 0.0531. The summed E-state index contributed by atoms with van der Waals surface area (Å²) in [6.45, 7) is 7.00. The van der Waals surface area contributed by atoms with Crippen molar-refractivity contribution >= 4 is 11.7 Å². The molecule has 1 N–H and O–H groups in total. The van der Waals surface area contributed by atoms with E-state index in [1.54, 1.807) is 0 Å². The van der Waals surface area contributed by atoms with Crippen molar-refractivity contribution in [1.82, 2.24) is 0 Å². The molecular formula is C13H19NO2. The van der Waals surface area contributed by atoms with Gasteiger partial charge >= 0.3 is 5.97 Å². The molecule has 0 aromatic heterocycles. The first-order chi connectivity index (χ1) is 7.54. The first kappa shape index (κ1) is 12.6. The normalized spacial score (nSPS) is 10.5. The van der Waals surface area contributed by atoms with Crippen molar-refractivity contribution in [2.24, 2.45) is 0 Å². The Balaban J connectivity index is 2.82. The molecule has 0 spiro atoms. The number of anilines is 1. The van der Waals surface area contributed by atoms with Crippen molar-refractivity contribution in [1.29, 1.82) is 0 Å². The van der Waals surface area contributed by atoms with Gasteiger partial charge in [0.05, 0.1) is 0 Å². The molecule has 0 aliphatic rings. The first-order valence-corrected chi connectivity index (χ1v) is 5.61. The summed E-state index contributed by atoms with van der Waals surface area (Å²) in [5, 5.41) is 8.78. The maximum absolute atomic E-state index is 10.7. The molecule has 0 bridgehead atoms. The number of carboxylic acid groups (broad SMARTS) is 1. The van der Waals surface area contributed by atoms with Crippen LogP contribution in [0.2, 0.25) is 0 Å². The lowest BCUT2D eigenvalue weighted by atomic mass is 10.0. The Bertz CT molecular complexity index is 343.